The van der Waals surface area contributed by atoms with Crippen molar-refractivity contribution in [2.24, 2.45) is 0 Å². The topological polar surface area (TPSA) is 35.6 Å². The lowest BCUT2D eigenvalue weighted by molar-refractivity contribution is -0.117. The first-order valence-corrected chi connectivity index (χ1v) is 6.78. The van der Waals surface area contributed by atoms with Gasteiger partial charge in [0.2, 0.25) is 5.91 Å². The predicted molar refractivity (Wildman–Crippen MR) is 81.8 cm³/mol. The first-order valence-electron chi connectivity index (χ1n) is 6.78. The first-order chi connectivity index (χ1) is 9.02. The van der Waals surface area contributed by atoms with Gasteiger partial charge in [0.15, 0.2) is 0 Å². The fraction of sp³-hybridized carbons (Fsp3) is 0.533. The normalized spacial score (nSPS) is 10.6. The summed E-state index contributed by atoms with van der Waals surface area (Å²) in [6, 6.07) is 7.85. The molecule has 0 unspecified atom stereocenters. The molecule has 19 heavy (non-hydrogen) atoms. The van der Waals surface area contributed by atoms with Crippen molar-refractivity contribution < 1.29 is 4.79 Å². The van der Waals surface area contributed by atoms with Crippen LogP contribution in [0.3, 0.4) is 0 Å². The highest BCUT2D eigenvalue weighted by molar-refractivity contribution is 5.92. The van der Waals surface area contributed by atoms with Gasteiger partial charge in [-0.25, -0.2) is 0 Å². The van der Waals surface area contributed by atoms with Crippen LogP contribution in [0.5, 0.6) is 0 Å². The van der Waals surface area contributed by atoms with Gasteiger partial charge in [-0.3, -0.25) is 9.69 Å². The van der Waals surface area contributed by atoms with E-state index in [0.717, 1.165) is 30.8 Å². The van der Waals surface area contributed by atoms with Crippen LogP contribution in [0, 0.1) is 0 Å². The molecular formula is C15H25N3O. The number of likely N-dealkylation sites (N-methyl/N-ethyl adjacent to an activating group) is 1. The van der Waals surface area contributed by atoms with E-state index in [1.165, 1.54) is 0 Å². The van der Waals surface area contributed by atoms with E-state index in [2.05, 4.69) is 12.2 Å². The van der Waals surface area contributed by atoms with Gasteiger partial charge in [-0.15, -0.1) is 0 Å². The molecule has 106 valence electrons. The van der Waals surface area contributed by atoms with E-state index in [0.29, 0.717) is 6.54 Å². The van der Waals surface area contributed by atoms with Crippen molar-refractivity contribution in [3.8, 4) is 0 Å². The fourth-order valence-corrected chi connectivity index (χ4v) is 1.80. The molecule has 0 heterocycles. The van der Waals surface area contributed by atoms with Gasteiger partial charge >= 0.3 is 0 Å². The Morgan fingerprint density at radius 1 is 1.16 bits per heavy atom. The van der Waals surface area contributed by atoms with Crippen LogP contribution in [-0.4, -0.2) is 45.0 Å². The number of nitrogens with one attached hydrogen (secondary N) is 1. The summed E-state index contributed by atoms with van der Waals surface area (Å²) in [5.41, 5.74) is 1.97. The van der Waals surface area contributed by atoms with Gasteiger partial charge in [-0.05, 0) is 44.3 Å². The first kappa shape index (κ1) is 15.5. The Bertz CT molecular complexity index is 387. The van der Waals surface area contributed by atoms with E-state index in [1.807, 2.05) is 55.2 Å². The Balaban J connectivity index is 2.43. The molecule has 4 nitrogen and oxygen atoms in total. The summed E-state index contributed by atoms with van der Waals surface area (Å²) < 4.78 is 0. The molecule has 0 aliphatic heterocycles. The molecule has 0 fully saturated rings. The molecule has 1 aromatic rings. The molecule has 0 aliphatic rings. The second-order valence-corrected chi connectivity index (χ2v) is 5.08. The van der Waals surface area contributed by atoms with Crippen LogP contribution in [0.1, 0.15) is 19.8 Å². The average molecular weight is 263 g/mol. The molecule has 0 aromatic heterocycles. The van der Waals surface area contributed by atoms with E-state index in [-0.39, 0.29) is 5.91 Å². The van der Waals surface area contributed by atoms with Crippen molar-refractivity contribution in [2.45, 2.75) is 19.8 Å². The van der Waals surface area contributed by atoms with Crippen LogP contribution in [-0.2, 0) is 4.79 Å². The third-order valence-electron chi connectivity index (χ3n) is 2.97. The summed E-state index contributed by atoms with van der Waals surface area (Å²) in [5, 5.41) is 2.92. The molecule has 1 aromatic carbocycles. The highest BCUT2D eigenvalue weighted by Crippen LogP contribution is 2.15. The molecular weight excluding hydrogens is 238 g/mol. The molecule has 0 atom stereocenters. The third kappa shape index (κ3) is 5.75. The second kappa shape index (κ2) is 7.79. The standard InChI is InChI=1S/C15H25N3O/c1-5-6-11-18(4)12-15(19)16-13-7-9-14(10-8-13)17(2)3/h7-10H,5-6,11-12H2,1-4H3,(H,16,19). The summed E-state index contributed by atoms with van der Waals surface area (Å²) >= 11 is 0. The molecule has 0 saturated carbocycles. The van der Waals surface area contributed by atoms with Crippen LogP contribution >= 0.6 is 0 Å². The minimum atomic E-state index is 0.0382. The Morgan fingerprint density at radius 2 is 1.79 bits per heavy atom. The van der Waals surface area contributed by atoms with Gasteiger partial charge in [0, 0.05) is 25.5 Å². The summed E-state index contributed by atoms with van der Waals surface area (Å²) in [4.78, 5) is 15.9. The Kier molecular flexibility index (Phi) is 6.36. The molecule has 1 N–H and O–H groups in total. The number of hydrogen-bond donors (Lipinski definition) is 1. The van der Waals surface area contributed by atoms with E-state index < -0.39 is 0 Å². The molecule has 1 amide bonds. The molecule has 1 rings (SSSR count). The quantitative estimate of drug-likeness (QED) is 0.820. The number of hydrogen-bond acceptors (Lipinski definition) is 3. The zero-order valence-electron chi connectivity index (χ0n) is 12.4. The monoisotopic (exact) mass is 263 g/mol. The molecule has 4 heteroatoms. The van der Waals surface area contributed by atoms with Crippen LogP contribution in [0.25, 0.3) is 0 Å². The van der Waals surface area contributed by atoms with Crippen molar-refractivity contribution >= 4 is 17.3 Å². The van der Waals surface area contributed by atoms with Crippen molar-refractivity contribution in [1.82, 2.24) is 4.90 Å². The lowest BCUT2D eigenvalue weighted by Gasteiger charge is -2.16. The second-order valence-electron chi connectivity index (χ2n) is 5.08. The Morgan fingerprint density at radius 3 is 2.32 bits per heavy atom. The van der Waals surface area contributed by atoms with Gasteiger partial charge in [-0.1, -0.05) is 13.3 Å². The van der Waals surface area contributed by atoms with Crippen molar-refractivity contribution in [3.63, 3.8) is 0 Å². The Labute approximate surface area is 116 Å². The number of nitrogens with zero attached hydrogens (tertiary/aromatic N) is 2. The van der Waals surface area contributed by atoms with E-state index in [1.54, 1.807) is 0 Å². The number of anilines is 2. The summed E-state index contributed by atoms with van der Waals surface area (Å²) in [7, 11) is 5.97. The largest absolute Gasteiger partial charge is 0.378 e. The van der Waals surface area contributed by atoms with E-state index in [9.17, 15) is 4.79 Å². The number of amides is 1. The highest BCUT2D eigenvalue weighted by atomic mass is 16.2. The zero-order valence-corrected chi connectivity index (χ0v) is 12.4. The van der Waals surface area contributed by atoms with E-state index in [4.69, 9.17) is 0 Å². The lowest BCUT2D eigenvalue weighted by Crippen LogP contribution is -2.30. The van der Waals surface area contributed by atoms with Crippen molar-refractivity contribution in [3.05, 3.63) is 24.3 Å². The molecule has 0 saturated heterocycles. The van der Waals surface area contributed by atoms with Gasteiger partial charge in [0.25, 0.3) is 0 Å². The van der Waals surface area contributed by atoms with Gasteiger partial charge < -0.3 is 10.2 Å². The van der Waals surface area contributed by atoms with Gasteiger partial charge in [0.1, 0.15) is 0 Å². The SMILES string of the molecule is CCCCN(C)CC(=O)Nc1ccc(N(C)C)cc1. The summed E-state index contributed by atoms with van der Waals surface area (Å²) in [6.07, 6.45) is 2.28. The summed E-state index contributed by atoms with van der Waals surface area (Å²) in [5.74, 6) is 0.0382. The average Bonchev–Trinajstić information content (AvgIpc) is 2.36. The minimum absolute atomic E-state index is 0.0382. The highest BCUT2D eigenvalue weighted by Gasteiger charge is 2.06. The van der Waals surface area contributed by atoms with Crippen molar-refractivity contribution in [2.75, 3.05) is 44.4 Å². The maximum absolute atomic E-state index is 11.8. The fourth-order valence-electron chi connectivity index (χ4n) is 1.80. The molecule has 0 radical (unpaired) electrons. The third-order valence-corrected chi connectivity index (χ3v) is 2.97. The van der Waals surface area contributed by atoms with E-state index >= 15 is 0 Å². The molecule has 0 spiro atoms. The minimum Gasteiger partial charge on any atom is -0.378 e. The predicted octanol–water partition coefficient (Wildman–Crippen LogP) is 2.42. The number of rotatable bonds is 7. The van der Waals surface area contributed by atoms with Crippen molar-refractivity contribution in [1.29, 1.82) is 0 Å². The summed E-state index contributed by atoms with van der Waals surface area (Å²) in [6.45, 7) is 3.55. The maximum atomic E-state index is 11.8. The maximum Gasteiger partial charge on any atom is 0.238 e. The zero-order chi connectivity index (χ0) is 14.3. The van der Waals surface area contributed by atoms with Crippen LogP contribution in [0.2, 0.25) is 0 Å². The number of carbonyl (C=O) groups is 1. The molecule has 0 bridgehead atoms. The smallest absolute Gasteiger partial charge is 0.238 e. The number of benzene rings is 1. The van der Waals surface area contributed by atoms with Crippen LogP contribution in [0.15, 0.2) is 24.3 Å². The number of unbranched alkanes of at least 4 members (excludes halogenated alkanes) is 1. The number of carbonyl (C=O) groups excluding carboxylic acids is 1. The lowest BCUT2D eigenvalue weighted by atomic mass is 10.2. The van der Waals surface area contributed by atoms with Crippen LogP contribution in [0.4, 0.5) is 11.4 Å². The Hall–Kier alpha value is -1.55. The van der Waals surface area contributed by atoms with Gasteiger partial charge in [0.05, 0.1) is 6.54 Å². The van der Waals surface area contributed by atoms with Crippen LogP contribution < -0.4 is 10.2 Å². The van der Waals surface area contributed by atoms with Gasteiger partial charge in [-0.2, -0.15) is 0 Å². The molecule has 0 aliphatic carbocycles.